The van der Waals surface area contributed by atoms with E-state index in [1.165, 1.54) is 0 Å². The van der Waals surface area contributed by atoms with E-state index in [1.807, 2.05) is 7.05 Å². The predicted molar refractivity (Wildman–Crippen MR) is 79.6 cm³/mol. The number of fused-ring (bicyclic) bond motifs is 2. The van der Waals surface area contributed by atoms with Crippen LogP contribution in [0, 0.1) is 28.6 Å². The topological polar surface area (TPSA) is 58.7 Å². The molecule has 0 spiro atoms. The number of aryl methyl sites for hydroxylation is 2. The zero-order chi connectivity index (χ0) is 15.2. The van der Waals surface area contributed by atoms with Crippen molar-refractivity contribution >= 4 is 5.78 Å². The second-order valence-electron chi connectivity index (χ2n) is 7.14. The molecule has 112 valence electrons. The average Bonchev–Trinajstić information content (AvgIpc) is 2.71. The van der Waals surface area contributed by atoms with Gasteiger partial charge in [0, 0.05) is 24.4 Å². The highest BCUT2D eigenvalue weighted by molar-refractivity contribution is 5.85. The Bertz CT molecular complexity index is 621. The van der Waals surface area contributed by atoms with E-state index in [9.17, 15) is 10.1 Å². The summed E-state index contributed by atoms with van der Waals surface area (Å²) in [5.74, 6) is 1.48. The number of hydrogen-bond donors (Lipinski definition) is 0. The van der Waals surface area contributed by atoms with Gasteiger partial charge in [0.15, 0.2) is 0 Å². The first-order valence-electron chi connectivity index (χ1n) is 7.93. The summed E-state index contributed by atoms with van der Waals surface area (Å²) in [5, 5.41) is 13.9. The van der Waals surface area contributed by atoms with E-state index >= 15 is 0 Å². The minimum absolute atomic E-state index is 0.213. The minimum atomic E-state index is -0.213. The maximum absolute atomic E-state index is 12.3. The van der Waals surface area contributed by atoms with Crippen LogP contribution in [-0.4, -0.2) is 15.6 Å². The Labute approximate surface area is 126 Å². The maximum atomic E-state index is 12.3. The van der Waals surface area contributed by atoms with E-state index in [2.05, 4.69) is 25.0 Å². The molecule has 0 amide bonds. The summed E-state index contributed by atoms with van der Waals surface area (Å²) in [4.78, 5) is 12.3. The molecule has 0 bridgehead atoms. The highest BCUT2D eigenvalue weighted by atomic mass is 16.1. The second-order valence-corrected chi connectivity index (χ2v) is 7.14. The summed E-state index contributed by atoms with van der Waals surface area (Å²) < 4.78 is 1.72. The van der Waals surface area contributed by atoms with Gasteiger partial charge in [0.05, 0.1) is 5.69 Å². The number of aromatic nitrogens is 2. The first-order chi connectivity index (χ1) is 9.95. The lowest BCUT2D eigenvalue weighted by molar-refractivity contribution is -0.135. The highest BCUT2D eigenvalue weighted by Gasteiger charge is 2.44. The quantitative estimate of drug-likeness (QED) is 0.736. The van der Waals surface area contributed by atoms with Gasteiger partial charge in [-0.2, -0.15) is 10.4 Å². The SMILES string of the molecule is Cn1nc2c(c1C#N)CC[C@@H]1[C@@H](CCC(=O)C1(C)C)CC2. The molecule has 21 heavy (non-hydrogen) atoms. The predicted octanol–water partition coefficient (Wildman–Crippen LogP) is 2.79. The Balaban J connectivity index is 1.94. The molecule has 1 fully saturated rings. The van der Waals surface area contributed by atoms with Crippen LogP contribution < -0.4 is 0 Å². The van der Waals surface area contributed by atoms with Crippen LogP contribution in [0.5, 0.6) is 0 Å². The van der Waals surface area contributed by atoms with Gasteiger partial charge in [0.1, 0.15) is 17.5 Å². The molecule has 1 saturated carbocycles. The largest absolute Gasteiger partial charge is 0.299 e. The van der Waals surface area contributed by atoms with E-state index in [4.69, 9.17) is 0 Å². The summed E-state index contributed by atoms with van der Waals surface area (Å²) in [6.45, 7) is 4.23. The molecule has 0 aromatic carbocycles. The normalized spacial score (nSPS) is 28.0. The fourth-order valence-electron chi connectivity index (χ4n) is 4.43. The molecule has 3 rings (SSSR count). The van der Waals surface area contributed by atoms with Crippen LogP contribution in [0.2, 0.25) is 0 Å². The molecule has 4 nitrogen and oxygen atoms in total. The molecule has 0 radical (unpaired) electrons. The summed E-state index contributed by atoms with van der Waals surface area (Å²) in [6.07, 6.45) is 5.67. The fraction of sp³-hybridized carbons (Fsp3) is 0.706. The van der Waals surface area contributed by atoms with Gasteiger partial charge in [0.2, 0.25) is 0 Å². The summed E-state index contributed by atoms with van der Waals surface area (Å²) >= 11 is 0. The van der Waals surface area contributed by atoms with E-state index in [-0.39, 0.29) is 5.41 Å². The minimum Gasteiger partial charge on any atom is -0.299 e. The standard InChI is InChI=1S/C17H23N3O/c1-17(2)13-7-6-12-14(19-20(3)15(12)10-18)8-4-11(13)5-9-16(17)21/h11,13H,4-9H2,1-3H3/t11-,13-/m1/s1. The highest BCUT2D eigenvalue weighted by Crippen LogP contribution is 2.47. The lowest BCUT2D eigenvalue weighted by atomic mass is 9.59. The van der Waals surface area contributed by atoms with E-state index in [1.54, 1.807) is 4.68 Å². The van der Waals surface area contributed by atoms with Crippen molar-refractivity contribution in [2.24, 2.45) is 24.3 Å². The number of Topliss-reactive ketones (excluding diaryl/α,β-unsaturated/α-hetero) is 1. The van der Waals surface area contributed by atoms with Crippen molar-refractivity contribution in [3.05, 3.63) is 17.0 Å². The Morgan fingerprint density at radius 3 is 2.67 bits per heavy atom. The summed E-state index contributed by atoms with van der Waals surface area (Å²) in [7, 11) is 1.85. The van der Waals surface area contributed by atoms with Crippen molar-refractivity contribution in [2.45, 2.75) is 52.4 Å². The van der Waals surface area contributed by atoms with Gasteiger partial charge in [-0.25, -0.2) is 0 Å². The Morgan fingerprint density at radius 1 is 1.24 bits per heavy atom. The number of rotatable bonds is 0. The van der Waals surface area contributed by atoms with Crippen molar-refractivity contribution in [2.75, 3.05) is 0 Å². The molecule has 1 heterocycles. The summed E-state index contributed by atoms with van der Waals surface area (Å²) in [5.41, 5.74) is 2.70. The van der Waals surface area contributed by atoms with Crippen LogP contribution in [0.1, 0.15) is 56.5 Å². The van der Waals surface area contributed by atoms with Gasteiger partial charge in [-0.05, 0) is 43.9 Å². The Hall–Kier alpha value is -1.63. The zero-order valence-corrected chi connectivity index (χ0v) is 13.1. The number of nitrogens with zero attached hydrogens (tertiary/aromatic N) is 3. The zero-order valence-electron chi connectivity index (χ0n) is 13.1. The monoisotopic (exact) mass is 285 g/mol. The lowest BCUT2D eigenvalue weighted by Gasteiger charge is -2.44. The third kappa shape index (κ3) is 2.19. The summed E-state index contributed by atoms with van der Waals surface area (Å²) in [6, 6.07) is 2.29. The molecule has 0 aliphatic heterocycles. The Kier molecular flexibility index (Phi) is 3.39. The van der Waals surface area contributed by atoms with Crippen LogP contribution in [0.25, 0.3) is 0 Å². The second kappa shape index (κ2) is 4.98. The molecule has 2 atom stereocenters. The van der Waals surface area contributed by atoms with Gasteiger partial charge < -0.3 is 0 Å². The molecule has 0 saturated heterocycles. The number of carbonyl (C=O) groups excluding carboxylic acids is 1. The molecule has 1 aromatic rings. The molecule has 0 unspecified atom stereocenters. The van der Waals surface area contributed by atoms with Crippen LogP contribution >= 0.6 is 0 Å². The average molecular weight is 285 g/mol. The van der Waals surface area contributed by atoms with Crippen molar-refractivity contribution in [1.29, 1.82) is 5.26 Å². The van der Waals surface area contributed by atoms with Crippen molar-refractivity contribution in [1.82, 2.24) is 9.78 Å². The third-order valence-corrected chi connectivity index (χ3v) is 5.75. The molecule has 0 N–H and O–H groups in total. The smallest absolute Gasteiger partial charge is 0.141 e. The van der Waals surface area contributed by atoms with Crippen LogP contribution in [0.3, 0.4) is 0 Å². The number of nitriles is 1. The van der Waals surface area contributed by atoms with E-state index in [0.717, 1.165) is 49.8 Å². The molecule has 2 aliphatic rings. The Morgan fingerprint density at radius 2 is 1.95 bits per heavy atom. The molecular weight excluding hydrogens is 262 g/mol. The van der Waals surface area contributed by atoms with Gasteiger partial charge in [-0.3, -0.25) is 9.48 Å². The maximum Gasteiger partial charge on any atom is 0.141 e. The molecule has 1 aromatic heterocycles. The van der Waals surface area contributed by atoms with E-state index < -0.39 is 0 Å². The van der Waals surface area contributed by atoms with Gasteiger partial charge >= 0.3 is 0 Å². The van der Waals surface area contributed by atoms with Gasteiger partial charge in [0.25, 0.3) is 0 Å². The molecule has 2 aliphatic carbocycles. The van der Waals surface area contributed by atoms with Crippen molar-refractivity contribution in [3.8, 4) is 6.07 Å². The van der Waals surface area contributed by atoms with Crippen molar-refractivity contribution in [3.63, 3.8) is 0 Å². The van der Waals surface area contributed by atoms with Gasteiger partial charge in [-0.1, -0.05) is 13.8 Å². The molecule has 4 heteroatoms. The number of hydrogen-bond acceptors (Lipinski definition) is 3. The lowest BCUT2D eigenvalue weighted by Crippen LogP contribution is -2.43. The van der Waals surface area contributed by atoms with Crippen LogP contribution in [-0.2, 0) is 24.7 Å². The van der Waals surface area contributed by atoms with Crippen LogP contribution in [0.4, 0.5) is 0 Å². The fourth-order valence-corrected chi connectivity index (χ4v) is 4.43. The third-order valence-electron chi connectivity index (χ3n) is 5.75. The van der Waals surface area contributed by atoms with E-state index in [0.29, 0.717) is 23.3 Å². The van der Waals surface area contributed by atoms with Crippen LogP contribution in [0.15, 0.2) is 0 Å². The number of ketones is 1. The van der Waals surface area contributed by atoms with Gasteiger partial charge in [-0.15, -0.1) is 0 Å². The number of carbonyl (C=O) groups is 1. The molecular formula is C17H23N3O. The van der Waals surface area contributed by atoms with Crippen molar-refractivity contribution < 1.29 is 4.79 Å². The first kappa shape index (κ1) is 14.3. The first-order valence-corrected chi connectivity index (χ1v) is 7.93.